The molecule has 0 aliphatic rings. The van der Waals surface area contributed by atoms with Crippen molar-refractivity contribution in [1.82, 2.24) is 0 Å². The Bertz CT molecular complexity index is 1080. The molecule has 0 heterocycles. The Labute approximate surface area is 171 Å². The highest BCUT2D eigenvalue weighted by Gasteiger charge is 2.55. The molecule has 2 aromatic carbocycles. The van der Waals surface area contributed by atoms with Gasteiger partial charge in [-0.2, -0.15) is 26.3 Å². The Morgan fingerprint density at radius 3 is 2.10 bits per heavy atom. The molecule has 0 aromatic heterocycles. The van der Waals surface area contributed by atoms with Crippen molar-refractivity contribution in [3.05, 3.63) is 53.1 Å². The minimum Gasteiger partial charge on any atom is -0.373 e. The first-order chi connectivity index (χ1) is 13.5. The Kier molecular flexibility index (Phi) is 6.19. The topological polar surface area (TPSA) is 83.5 Å². The van der Waals surface area contributed by atoms with Gasteiger partial charge in [-0.05, 0) is 37.3 Å². The summed E-state index contributed by atoms with van der Waals surface area (Å²) < 4.78 is 103. The van der Waals surface area contributed by atoms with Gasteiger partial charge < -0.3 is 10.4 Å². The summed E-state index contributed by atoms with van der Waals surface area (Å²) >= 11 is 5.80. The van der Waals surface area contributed by atoms with Gasteiger partial charge in [0.1, 0.15) is 0 Å². The number of alkyl halides is 6. The third-order valence-corrected chi connectivity index (χ3v) is 6.10. The average Bonchev–Trinajstić information content (AvgIpc) is 2.61. The lowest BCUT2D eigenvalue weighted by atomic mass is 10.1. The van der Waals surface area contributed by atoms with Crippen LogP contribution in [0.15, 0.2) is 52.3 Å². The van der Waals surface area contributed by atoms with Crippen molar-refractivity contribution >= 4 is 33.0 Å². The smallest absolute Gasteiger partial charge is 0.373 e. The molecule has 0 saturated carbocycles. The number of hydrogen-bond acceptors (Lipinski definition) is 4. The second kappa shape index (κ2) is 7.75. The summed E-state index contributed by atoms with van der Waals surface area (Å²) in [5.41, 5.74) is -5.68. The third kappa shape index (κ3) is 4.55. The second-order valence-corrected chi connectivity index (χ2v) is 8.49. The van der Waals surface area contributed by atoms with Gasteiger partial charge in [0.05, 0.1) is 26.1 Å². The first-order valence-electron chi connectivity index (χ1n) is 7.81. The zero-order valence-corrected chi connectivity index (χ0v) is 16.3. The molecule has 0 radical (unpaired) electrons. The molecule has 0 spiro atoms. The fourth-order valence-corrected chi connectivity index (χ4v) is 4.00. The standard InChI is InChI=1S/C17H12ClF6NO4S/c1-15(27,17(22,23)24)14(26)25-12-7-6-9(8-11(12)18)30(28,29)13-5-3-2-4-10(13)16(19,20)21/h2-8,27H,1H3,(H,25,26)/t15-/m1/s1. The van der Waals surface area contributed by atoms with Crippen LogP contribution in [-0.4, -0.2) is 31.2 Å². The second-order valence-electron chi connectivity index (χ2n) is 6.16. The van der Waals surface area contributed by atoms with Gasteiger partial charge in [0, 0.05) is 0 Å². The maximum Gasteiger partial charge on any atom is 0.426 e. The number of sulfone groups is 1. The first kappa shape index (κ1) is 24.0. The lowest BCUT2D eigenvalue weighted by Gasteiger charge is -2.25. The summed E-state index contributed by atoms with van der Waals surface area (Å²) in [7, 11) is -4.72. The molecule has 0 saturated heterocycles. The number of carbonyl (C=O) groups excluding carboxylic acids is 1. The maximum absolute atomic E-state index is 13.1. The molecule has 2 rings (SSSR count). The lowest BCUT2D eigenvalue weighted by Crippen LogP contribution is -2.52. The number of aliphatic hydroxyl groups is 1. The van der Waals surface area contributed by atoms with E-state index in [0.717, 1.165) is 30.3 Å². The van der Waals surface area contributed by atoms with E-state index in [4.69, 9.17) is 11.6 Å². The summed E-state index contributed by atoms with van der Waals surface area (Å²) in [6.07, 6.45) is -10.3. The van der Waals surface area contributed by atoms with Crippen LogP contribution < -0.4 is 5.32 Å². The summed E-state index contributed by atoms with van der Waals surface area (Å²) in [5.74, 6) is -1.89. The highest BCUT2D eigenvalue weighted by molar-refractivity contribution is 7.91. The van der Waals surface area contributed by atoms with Crippen LogP contribution in [0.5, 0.6) is 0 Å². The predicted molar refractivity (Wildman–Crippen MR) is 93.7 cm³/mol. The molecule has 13 heteroatoms. The largest absolute Gasteiger partial charge is 0.426 e. The van der Waals surface area contributed by atoms with E-state index in [1.165, 1.54) is 0 Å². The molecule has 5 nitrogen and oxygen atoms in total. The fourth-order valence-electron chi connectivity index (χ4n) is 2.20. The van der Waals surface area contributed by atoms with E-state index in [2.05, 4.69) is 0 Å². The van der Waals surface area contributed by atoms with E-state index in [-0.39, 0.29) is 6.92 Å². The van der Waals surface area contributed by atoms with Gasteiger partial charge in [-0.25, -0.2) is 8.42 Å². The van der Waals surface area contributed by atoms with E-state index in [1.807, 2.05) is 0 Å². The van der Waals surface area contributed by atoms with Crippen LogP contribution in [0.3, 0.4) is 0 Å². The summed E-state index contributed by atoms with van der Waals surface area (Å²) in [5, 5.41) is 10.4. The third-order valence-electron chi connectivity index (χ3n) is 3.98. The monoisotopic (exact) mass is 475 g/mol. The lowest BCUT2D eigenvalue weighted by molar-refractivity contribution is -0.242. The Hall–Kier alpha value is -2.31. The molecule has 1 amide bonds. The van der Waals surface area contributed by atoms with Crippen LogP contribution in [-0.2, 0) is 20.8 Å². The van der Waals surface area contributed by atoms with Gasteiger partial charge >= 0.3 is 12.4 Å². The van der Waals surface area contributed by atoms with Crippen molar-refractivity contribution in [3.63, 3.8) is 0 Å². The number of nitrogens with one attached hydrogen (secondary N) is 1. The minimum atomic E-state index is -5.31. The van der Waals surface area contributed by atoms with Crippen molar-refractivity contribution in [2.45, 2.75) is 34.7 Å². The summed E-state index contributed by atoms with van der Waals surface area (Å²) in [4.78, 5) is 9.97. The quantitative estimate of drug-likeness (QED) is 0.640. The Balaban J connectivity index is 2.44. The molecule has 0 fully saturated rings. The average molecular weight is 476 g/mol. The van der Waals surface area contributed by atoms with Crippen molar-refractivity contribution in [1.29, 1.82) is 0 Å². The molecular formula is C17H12ClF6NO4S. The van der Waals surface area contributed by atoms with Crippen molar-refractivity contribution in [2.75, 3.05) is 5.32 Å². The Morgan fingerprint density at radius 2 is 1.60 bits per heavy atom. The SMILES string of the molecule is C[C@@](O)(C(=O)Nc1ccc(S(=O)(=O)c2ccccc2C(F)(F)F)cc1Cl)C(F)(F)F. The number of carbonyl (C=O) groups is 1. The summed E-state index contributed by atoms with van der Waals surface area (Å²) in [6, 6.07) is 5.60. The molecule has 2 aromatic rings. The van der Waals surface area contributed by atoms with Crippen molar-refractivity contribution in [2.24, 2.45) is 0 Å². The first-order valence-corrected chi connectivity index (χ1v) is 9.67. The van der Waals surface area contributed by atoms with E-state index >= 15 is 0 Å². The number of amides is 1. The van der Waals surface area contributed by atoms with Crippen molar-refractivity contribution in [3.8, 4) is 0 Å². The van der Waals surface area contributed by atoms with Crippen LogP contribution in [0, 0.1) is 0 Å². The van der Waals surface area contributed by atoms with Gasteiger partial charge in [-0.3, -0.25) is 4.79 Å². The minimum absolute atomic E-state index is 0.198. The highest BCUT2D eigenvalue weighted by atomic mass is 35.5. The number of benzene rings is 2. The highest BCUT2D eigenvalue weighted by Crippen LogP contribution is 2.38. The van der Waals surface area contributed by atoms with Gasteiger partial charge in [0.2, 0.25) is 15.4 Å². The van der Waals surface area contributed by atoms with Crippen LogP contribution in [0.25, 0.3) is 0 Å². The van der Waals surface area contributed by atoms with Gasteiger partial charge in [0.25, 0.3) is 5.91 Å². The number of halogens is 7. The van der Waals surface area contributed by atoms with E-state index in [1.54, 1.807) is 5.32 Å². The van der Waals surface area contributed by atoms with Crippen LogP contribution >= 0.6 is 11.6 Å². The molecule has 164 valence electrons. The number of rotatable bonds is 4. The van der Waals surface area contributed by atoms with Crippen LogP contribution in [0.1, 0.15) is 12.5 Å². The van der Waals surface area contributed by atoms with E-state index in [0.29, 0.717) is 12.1 Å². The predicted octanol–water partition coefficient (Wildman–Crippen LogP) is 4.44. The molecule has 2 N–H and O–H groups in total. The fraction of sp³-hybridized carbons (Fsp3) is 0.235. The molecule has 0 aliphatic heterocycles. The van der Waals surface area contributed by atoms with Crippen LogP contribution in [0.2, 0.25) is 5.02 Å². The Morgan fingerprint density at radius 1 is 1.03 bits per heavy atom. The molecule has 1 atom stereocenters. The number of hydrogen-bond donors (Lipinski definition) is 2. The van der Waals surface area contributed by atoms with E-state index in [9.17, 15) is 44.7 Å². The molecule has 0 bridgehead atoms. The zero-order valence-electron chi connectivity index (χ0n) is 14.8. The molecule has 0 unspecified atom stereocenters. The van der Waals surface area contributed by atoms with Gasteiger partial charge in [0.15, 0.2) is 0 Å². The summed E-state index contributed by atoms with van der Waals surface area (Å²) in [6.45, 7) is 0.198. The van der Waals surface area contributed by atoms with Gasteiger partial charge in [-0.15, -0.1) is 0 Å². The molecule has 30 heavy (non-hydrogen) atoms. The van der Waals surface area contributed by atoms with Crippen LogP contribution in [0.4, 0.5) is 32.0 Å². The maximum atomic E-state index is 13.1. The molecular weight excluding hydrogens is 464 g/mol. The number of anilines is 1. The molecule has 0 aliphatic carbocycles. The van der Waals surface area contributed by atoms with Crippen molar-refractivity contribution < 1.29 is 44.7 Å². The van der Waals surface area contributed by atoms with E-state index < -0.39 is 59.8 Å². The zero-order chi connectivity index (χ0) is 23.1. The normalized spacial score (nSPS) is 14.8. The van der Waals surface area contributed by atoms with Gasteiger partial charge in [-0.1, -0.05) is 23.7 Å².